The lowest BCUT2D eigenvalue weighted by Crippen LogP contribution is -2.50. The molecule has 2 aromatic carbocycles. The van der Waals surface area contributed by atoms with E-state index in [0.29, 0.717) is 18.7 Å². The monoisotopic (exact) mass is 486 g/mol. The van der Waals surface area contributed by atoms with Crippen molar-refractivity contribution in [2.45, 2.75) is 57.2 Å². The summed E-state index contributed by atoms with van der Waals surface area (Å²) in [5.41, 5.74) is 3.79. The fourth-order valence-electron chi connectivity index (χ4n) is 6.23. The van der Waals surface area contributed by atoms with Crippen LogP contribution in [0.4, 0.5) is 4.79 Å². The number of aryl methyl sites for hydroxylation is 1. The minimum Gasteiger partial charge on any atom is -0.497 e. The second-order valence-corrected chi connectivity index (χ2v) is 10.1. The molecular weight excluding hydrogens is 456 g/mol. The molecule has 1 saturated heterocycles. The van der Waals surface area contributed by atoms with E-state index in [1.165, 1.54) is 5.56 Å². The quantitative estimate of drug-likeness (QED) is 0.549. The molecule has 3 atom stereocenters. The molecule has 3 aliphatic rings. The van der Waals surface area contributed by atoms with Crippen molar-refractivity contribution in [1.82, 2.24) is 20.1 Å². The van der Waals surface area contributed by atoms with E-state index in [2.05, 4.69) is 16.4 Å². The largest absolute Gasteiger partial charge is 0.497 e. The van der Waals surface area contributed by atoms with Gasteiger partial charge in [-0.25, -0.2) is 9.69 Å². The molecule has 0 radical (unpaired) electrons. The Bertz CT molecular complexity index is 1410. The van der Waals surface area contributed by atoms with Gasteiger partial charge in [-0.1, -0.05) is 24.3 Å². The third-order valence-electron chi connectivity index (χ3n) is 8.25. The number of aromatic amines is 1. The molecule has 8 nitrogen and oxygen atoms in total. The average molecular weight is 487 g/mol. The van der Waals surface area contributed by atoms with Crippen molar-refractivity contribution in [3.8, 4) is 5.75 Å². The van der Waals surface area contributed by atoms with Crippen LogP contribution in [0, 0.1) is 0 Å². The Morgan fingerprint density at radius 3 is 2.81 bits per heavy atom. The molecule has 3 heterocycles. The zero-order valence-electron chi connectivity index (χ0n) is 20.8. The third kappa shape index (κ3) is 3.09. The van der Waals surface area contributed by atoms with Crippen LogP contribution in [0.15, 0.2) is 42.5 Å². The van der Waals surface area contributed by atoms with E-state index in [1.54, 1.807) is 25.9 Å². The standard InChI is InChI=1S/C28H30N4O4/c1-16(25(33)30-22-10-6-8-17-7-4-5-9-19(17)22)32-26(34)28(2)24-20(13-14-31(28)27(32)35)21-15-18(36-3)11-12-23(21)29-24/h4-5,7,9,11-12,15-16,22,29H,6,8,10,13-14H2,1-3H3,(H,30,33)/t16-,22+,28-/m0/s1. The summed E-state index contributed by atoms with van der Waals surface area (Å²) in [6, 6.07) is 12.4. The summed E-state index contributed by atoms with van der Waals surface area (Å²) in [6.07, 6.45) is 3.43. The smallest absolute Gasteiger partial charge is 0.328 e. The SMILES string of the molecule is COc1ccc2[nH]c3c(c2c1)CCN1C(=O)N([C@@H](C)C(=O)N[C@@H]2CCCc4ccccc42)C(=O)[C@]31C. The summed E-state index contributed by atoms with van der Waals surface area (Å²) in [6.45, 7) is 3.82. The van der Waals surface area contributed by atoms with Crippen molar-refractivity contribution in [3.63, 3.8) is 0 Å². The van der Waals surface area contributed by atoms with Crippen LogP contribution >= 0.6 is 0 Å². The molecule has 1 fully saturated rings. The van der Waals surface area contributed by atoms with Crippen LogP contribution in [-0.2, 0) is 28.0 Å². The Labute approximate surface area is 209 Å². The van der Waals surface area contributed by atoms with Gasteiger partial charge in [0.05, 0.1) is 18.8 Å². The van der Waals surface area contributed by atoms with Gasteiger partial charge in [0.2, 0.25) is 5.91 Å². The molecule has 2 aliphatic heterocycles. The van der Waals surface area contributed by atoms with Crippen LogP contribution in [-0.4, -0.2) is 52.3 Å². The fraction of sp³-hybridized carbons (Fsp3) is 0.393. The van der Waals surface area contributed by atoms with Gasteiger partial charge in [0.25, 0.3) is 5.91 Å². The highest BCUT2D eigenvalue weighted by Gasteiger charge is 2.60. The van der Waals surface area contributed by atoms with Crippen molar-refractivity contribution in [1.29, 1.82) is 0 Å². The average Bonchev–Trinajstić information content (AvgIpc) is 3.36. The Morgan fingerprint density at radius 1 is 1.19 bits per heavy atom. The van der Waals surface area contributed by atoms with E-state index in [9.17, 15) is 14.4 Å². The number of nitrogens with zero attached hydrogens (tertiary/aromatic N) is 2. The molecule has 0 bridgehead atoms. The molecule has 6 rings (SSSR count). The Morgan fingerprint density at radius 2 is 2.00 bits per heavy atom. The normalized spacial score (nSPS) is 23.8. The highest BCUT2D eigenvalue weighted by atomic mass is 16.5. The number of urea groups is 1. The number of carbonyl (C=O) groups excluding carboxylic acids is 3. The molecule has 1 aliphatic carbocycles. The van der Waals surface area contributed by atoms with Gasteiger partial charge in [-0.2, -0.15) is 0 Å². The van der Waals surface area contributed by atoms with Gasteiger partial charge in [0.1, 0.15) is 11.8 Å². The molecule has 1 aromatic heterocycles. The van der Waals surface area contributed by atoms with Crippen molar-refractivity contribution in [2.75, 3.05) is 13.7 Å². The van der Waals surface area contributed by atoms with Crippen LogP contribution in [0.3, 0.4) is 0 Å². The number of hydrogen-bond donors (Lipinski definition) is 2. The number of methoxy groups -OCH3 is 1. The zero-order chi connectivity index (χ0) is 25.2. The Kier molecular flexibility index (Phi) is 5.10. The minimum atomic E-state index is -1.19. The topological polar surface area (TPSA) is 94.7 Å². The maximum Gasteiger partial charge on any atom is 0.328 e. The van der Waals surface area contributed by atoms with Crippen LogP contribution in [0.25, 0.3) is 10.9 Å². The lowest BCUT2D eigenvalue weighted by molar-refractivity contribution is -0.139. The first-order valence-electron chi connectivity index (χ1n) is 12.6. The van der Waals surface area contributed by atoms with Crippen LogP contribution in [0.5, 0.6) is 5.75 Å². The van der Waals surface area contributed by atoms with E-state index < -0.39 is 17.6 Å². The van der Waals surface area contributed by atoms with Gasteiger partial charge in [-0.05, 0) is 74.4 Å². The summed E-state index contributed by atoms with van der Waals surface area (Å²) in [4.78, 5) is 47.0. The van der Waals surface area contributed by atoms with Crippen molar-refractivity contribution in [3.05, 3.63) is 64.8 Å². The summed E-state index contributed by atoms with van der Waals surface area (Å²) in [5, 5.41) is 4.11. The molecule has 36 heavy (non-hydrogen) atoms. The number of benzene rings is 2. The Hall–Kier alpha value is -3.81. The minimum absolute atomic E-state index is 0.119. The lowest BCUT2D eigenvalue weighted by Gasteiger charge is -2.36. The van der Waals surface area contributed by atoms with E-state index in [4.69, 9.17) is 4.74 Å². The summed E-state index contributed by atoms with van der Waals surface area (Å²) in [7, 11) is 1.62. The van der Waals surface area contributed by atoms with Crippen molar-refractivity contribution >= 4 is 28.7 Å². The van der Waals surface area contributed by atoms with E-state index in [-0.39, 0.29) is 17.9 Å². The predicted octanol–water partition coefficient (Wildman–Crippen LogP) is 3.79. The lowest BCUT2D eigenvalue weighted by atomic mass is 9.87. The molecule has 0 spiro atoms. The van der Waals surface area contributed by atoms with Crippen molar-refractivity contribution in [2.24, 2.45) is 0 Å². The predicted molar refractivity (Wildman–Crippen MR) is 135 cm³/mol. The van der Waals surface area contributed by atoms with E-state index >= 15 is 0 Å². The molecule has 8 heteroatoms. The Balaban J connectivity index is 1.30. The maximum atomic E-state index is 13.9. The van der Waals surface area contributed by atoms with Gasteiger partial charge in [0, 0.05) is 17.4 Å². The zero-order valence-corrected chi connectivity index (χ0v) is 20.8. The molecule has 2 N–H and O–H groups in total. The van der Waals surface area contributed by atoms with Crippen LogP contribution in [0.2, 0.25) is 0 Å². The molecule has 3 aromatic rings. The summed E-state index contributed by atoms with van der Waals surface area (Å²) >= 11 is 0. The van der Waals surface area contributed by atoms with E-state index in [1.807, 2.05) is 36.4 Å². The highest BCUT2D eigenvalue weighted by molar-refractivity contribution is 6.11. The summed E-state index contributed by atoms with van der Waals surface area (Å²) < 4.78 is 5.39. The number of rotatable bonds is 4. The first-order valence-corrected chi connectivity index (χ1v) is 12.6. The van der Waals surface area contributed by atoms with Gasteiger partial charge in [-0.3, -0.25) is 9.59 Å². The number of amides is 4. The number of hydrogen-bond acceptors (Lipinski definition) is 4. The van der Waals surface area contributed by atoms with Crippen LogP contribution in [0.1, 0.15) is 55.1 Å². The first kappa shape index (κ1) is 22.6. The number of nitrogens with one attached hydrogen (secondary N) is 2. The number of H-pyrrole nitrogens is 1. The highest BCUT2D eigenvalue weighted by Crippen LogP contribution is 2.45. The van der Waals surface area contributed by atoms with Gasteiger partial charge in [-0.15, -0.1) is 0 Å². The number of aromatic nitrogens is 1. The molecule has 0 saturated carbocycles. The fourth-order valence-corrected chi connectivity index (χ4v) is 6.23. The van der Waals surface area contributed by atoms with Gasteiger partial charge in [0.15, 0.2) is 5.54 Å². The first-order chi connectivity index (χ1) is 17.3. The second-order valence-electron chi connectivity index (χ2n) is 10.1. The number of fused-ring (bicyclic) bond motifs is 6. The number of ether oxygens (including phenoxy) is 1. The third-order valence-corrected chi connectivity index (χ3v) is 8.25. The number of imide groups is 1. The summed E-state index contributed by atoms with van der Waals surface area (Å²) in [5.74, 6) is 0.0454. The van der Waals surface area contributed by atoms with Crippen molar-refractivity contribution < 1.29 is 19.1 Å². The molecule has 0 unspecified atom stereocenters. The second kappa shape index (κ2) is 8.11. The van der Waals surface area contributed by atoms with Gasteiger partial charge >= 0.3 is 6.03 Å². The maximum absolute atomic E-state index is 13.9. The van der Waals surface area contributed by atoms with Crippen LogP contribution < -0.4 is 10.1 Å². The molecular formula is C28H30N4O4. The van der Waals surface area contributed by atoms with E-state index in [0.717, 1.165) is 51.9 Å². The molecule has 186 valence electrons. The molecule has 4 amide bonds. The van der Waals surface area contributed by atoms with Gasteiger partial charge < -0.3 is 19.9 Å². The number of carbonyl (C=O) groups is 3.